The minimum Gasteiger partial charge on any atom is -0.507 e. The van der Waals surface area contributed by atoms with E-state index in [2.05, 4.69) is 16.9 Å². The van der Waals surface area contributed by atoms with Crippen LogP contribution in [-0.4, -0.2) is 38.6 Å². The Kier molecular flexibility index (Phi) is 9.85. The second-order valence-corrected chi connectivity index (χ2v) is 9.82. The molecule has 4 rings (SSSR count). The van der Waals surface area contributed by atoms with Gasteiger partial charge in [-0.05, 0) is 36.3 Å². The van der Waals surface area contributed by atoms with Crippen LogP contribution < -0.4 is 5.32 Å². The van der Waals surface area contributed by atoms with Crippen LogP contribution >= 0.6 is 11.8 Å². The molecule has 41 heavy (non-hydrogen) atoms. The zero-order valence-electron chi connectivity index (χ0n) is 22.4. The van der Waals surface area contributed by atoms with E-state index in [4.69, 9.17) is 0 Å². The minimum atomic E-state index is -0.757. The summed E-state index contributed by atoms with van der Waals surface area (Å²) in [5, 5.41) is 13.3. The van der Waals surface area contributed by atoms with Crippen LogP contribution in [-0.2, 0) is 14.4 Å². The Morgan fingerprint density at radius 2 is 1.61 bits per heavy atom. The Hall–Kier alpha value is -4.95. The largest absolute Gasteiger partial charge is 0.507 e. The molecule has 0 radical (unpaired) electrons. The quantitative estimate of drug-likeness (QED) is 0.195. The third kappa shape index (κ3) is 7.17. The van der Waals surface area contributed by atoms with Crippen molar-refractivity contribution in [3.05, 3.63) is 144 Å². The fraction of sp³-hybridized carbons (Fsp3) is 0.0909. The van der Waals surface area contributed by atoms with E-state index in [1.165, 1.54) is 17.0 Å². The first-order valence-corrected chi connectivity index (χ1v) is 13.9. The number of para-hydroxylation sites is 1. The Morgan fingerprint density at radius 1 is 1.00 bits per heavy atom. The number of rotatable bonds is 9. The molecule has 0 aliphatic carbocycles. The monoisotopic (exact) mass is 563 g/mol. The van der Waals surface area contributed by atoms with Crippen molar-refractivity contribution in [2.24, 2.45) is 4.99 Å². The van der Waals surface area contributed by atoms with Gasteiger partial charge in [-0.2, -0.15) is 4.99 Å². The van der Waals surface area contributed by atoms with Crippen LogP contribution in [0.15, 0.2) is 132 Å². The van der Waals surface area contributed by atoms with Crippen LogP contribution in [0.5, 0.6) is 5.75 Å². The van der Waals surface area contributed by atoms with E-state index in [0.29, 0.717) is 11.3 Å². The fourth-order valence-corrected chi connectivity index (χ4v) is 4.97. The summed E-state index contributed by atoms with van der Waals surface area (Å²) in [6, 6.07) is 25.2. The van der Waals surface area contributed by atoms with Gasteiger partial charge in [0.05, 0.1) is 11.8 Å². The molecule has 0 atom stereocenters. The van der Waals surface area contributed by atoms with Crippen molar-refractivity contribution < 1.29 is 19.5 Å². The number of amides is 3. The highest BCUT2D eigenvalue weighted by Crippen LogP contribution is 2.28. The van der Waals surface area contributed by atoms with Crippen LogP contribution in [0.25, 0.3) is 6.08 Å². The van der Waals surface area contributed by atoms with Crippen molar-refractivity contribution in [2.75, 3.05) is 5.75 Å². The Bertz CT molecular complexity index is 1520. The number of carbonyl (C=O) groups is 3. The highest BCUT2D eigenvalue weighted by atomic mass is 32.2. The summed E-state index contributed by atoms with van der Waals surface area (Å²) in [5.41, 5.74) is 2.39. The average Bonchev–Trinajstić information content (AvgIpc) is 3.00. The molecule has 1 heterocycles. The molecule has 2 N–H and O–H groups in total. The lowest BCUT2D eigenvalue weighted by atomic mass is 9.99. The number of aliphatic imine (C=N–C) groups is 1. The first kappa shape index (κ1) is 29.0. The van der Waals surface area contributed by atoms with Crippen LogP contribution in [0, 0.1) is 0 Å². The summed E-state index contributed by atoms with van der Waals surface area (Å²) in [6.45, 7) is 5.43. The summed E-state index contributed by atoms with van der Waals surface area (Å²) >= 11 is 0.987. The molecule has 3 aromatic rings. The molecule has 0 spiro atoms. The Balaban J connectivity index is 1.61. The number of thioether (sulfide) groups is 1. The topological polar surface area (TPSA) is 99.1 Å². The molecule has 7 nitrogen and oxygen atoms in total. The molecule has 0 bridgehead atoms. The number of carbonyl (C=O) groups excluding carboxylic acids is 3. The lowest BCUT2D eigenvalue weighted by Crippen LogP contribution is -2.42. The normalized spacial score (nSPS) is 15.0. The molecule has 0 saturated carbocycles. The molecule has 1 aliphatic rings. The SMILES string of the molecule is C=C/C=C\C(=C/C)N1C(=O)/C(=C/c2ccccc2O)C(=O)N=C1SCC(=O)NC(c1ccccc1)c1ccccc1. The van der Waals surface area contributed by atoms with Gasteiger partial charge in [-0.3, -0.25) is 19.3 Å². The van der Waals surface area contributed by atoms with Gasteiger partial charge in [0.2, 0.25) is 5.91 Å². The predicted molar refractivity (Wildman–Crippen MR) is 164 cm³/mol. The number of nitrogens with one attached hydrogen (secondary N) is 1. The van der Waals surface area contributed by atoms with Gasteiger partial charge in [-0.25, -0.2) is 0 Å². The highest BCUT2D eigenvalue weighted by molar-refractivity contribution is 8.14. The number of hydrogen-bond donors (Lipinski definition) is 2. The van der Waals surface area contributed by atoms with Crippen molar-refractivity contribution in [2.45, 2.75) is 13.0 Å². The predicted octanol–water partition coefficient (Wildman–Crippen LogP) is 5.79. The second-order valence-electron chi connectivity index (χ2n) is 8.88. The molecular weight excluding hydrogens is 534 g/mol. The van der Waals surface area contributed by atoms with Gasteiger partial charge in [0.1, 0.15) is 11.3 Å². The van der Waals surface area contributed by atoms with Crippen molar-refractivity contribution in [3.8, 4) is 5.75 Å². The highest BCUT2D eigenvalue weighted by Gasteiger charge is 2.35. The molecule has 3 aromatic carbocycles. The standard InChI is InChI=1S/C33H29N3O4S/c1-3-5-19-26(4-2)36-32(40)27(21-25-18-12-13-20-28(25)37)31(39)35-33(36)41-22-29(38)34-30(23-14-8-6-9-15-23)24-16-10-7-11-17-24/h3-21,30,37H,1,22H2,2H3,(H,34,38)/b19-5-,26-4+,27-21+. The number of nitrogens with zero attached hydrogens (tertiary/aromatic N) is 2. The minimum absolute atomic E-state index is 0.0716. The van der Waals surface area contributed by atoms with E-state index in [0.717, 1.165) is 22.9 Å². The molecule has 0 unspecified atom stereocenters. The summed E-state index contributed by atoms with van der Waals surface area (Å²) < 4.78 is 0. The van der Waals surface area contributed by atoms with Gasteiger partial charge in [-0.15, -0.1) is 0 Å². The smallest absolute Gasteiger partial charge is 0.285 e. The maximum atomic E-state index is 13.7. The van der Waals surface area contributed by atoms with Crippen molar-refractivity contribution in [1.82, 2.24) is 10.2 Å². The average molecular weight is 564 g/mol. The second kappa shape index (κ2) is 13.9. The summed E-state index contributed by atoms with van der Waals surface area (Å²) in [7, 11) is 0. The molecule has 0 aromatic heterocycles. The first-order chi connectivity index (χ1) is 19.9. The number of hydrogen-bond acceptors (Lipinski definition) is 5. The summed E-state index contributed by atoms with van der Waals surface area (Å²) in [4.78, 5) is 45.4. The summed E-state index contributed by atoms with van der Waals surface area (Å²) in [6.07, 6.45) is 7.90. The third-order valence-corrected chi connectivity index (χ3v) is 7.09. The molecule has 0 saturated heterocycles. The van der Waals surface area contributed by atoms with E-state index in [1.54, 1.807) is 49.4 Å². The number of phenolic OH excluding ortho intramolecular Hbond substituents is 1. The van der Waals surface area contributed by atoms with Gasteiger partial charge in [-0.1, -0.05) is 115 Å². The van der Waals surface area contributed by atoms with Crippen LogP contribution in [0.1, 0.15) is 29.7 Å². The Labute approximate surface area is 243 Å². The molecular formula is C33H29N3O4S. The zero-order valence-corrected chi connectivity index (χ0v) is 23.3. The van der Waals surface area contributed by atoms with Crippen LogP contribution in [0.3, 0.4) is 0 Å². The Morgan fingerprint density at radius 3 is 2.20 bits per heavy atom. The third-order valence-electron chi connectivity index (χ3n) is 6.15. The van der Waals surface area contributed by atoms with Crippen LogP contribution in [0.4, 0.5) is 0 Å². The van der Waals surface area contributed by atoms with Gasteiger partial charge in [0.15, 0.2) is 5.17 Å². The van der Waals surface area contributed by atoms with E-state index in [1.807, 2.05) is 60.7 Å². The fourth-order valence-electron chi connectivity index (χ4n) is 4.16. The number of amidine groups is 1. The first-order valence-electron chi connectivity index (χ1n) is 12.9. The van der Waals surface area contributed by atoms with Crippen molar-refractivity contribution in [1.29, 1.82) is 0 Å². The van der Waals surface area contributed by atoms with E-state index in [9.17, 15) is 19.5 Å². The molecule has 1 aliphatic heterocycles. The number of aromatic hydroxyl groups is 1. The van der Waals surface area contributed by atoms with Crippen molar-refractivity contribution in [3.63, 3.8) is 0 Å². The number of allylic oxidation sites excluding steroid dienone is 4. The van der Waals surface area contributed by atoms with Crippen molar-refractivity contribution >= 4 is 40.7 Å². The lowest BCUT2D eigenvalue weighted by molar-refractivity contribution is -0.126. The molecule has 0 fully saturated rings. The maximum Gasteiger partial charge on any atom is 0.285 e. The van der Waals surface area contributed by atoms with Gasteiger partial charge < -0.3 is 10.4 Å². The molecule has 3 amide bonds. The van der Waals surface area contributed by atoms with Crippen LogP contribution in [0.2, 0.25) is 0 Å². The van der Waals surface area contributed by atoms with Gasteiger partial charge in [0, 0.05) is 11.3 Å². The zero-order chi connectivity index (χ0) is 29.2. The number of phenols is 1. The van der Waals surface area contributed by atoms with Gasteiger partial charge in [0.25, 0.3) is 11.8 Å². The molecule has 8 heteroatoms. The maximum absolute atomic E-state index is 13.7. The van der Waals surface area contributed by atoms with Gasteiger partial charge >= 0.3 is 0 Å². The van der Waals surface area contributed by atoms with E-state index < -0.39 is 11.8 Å². The van der Waals surface area contributed by atoms with E-state index in [-0.39, 0.29) is 34.2 Å². The number of benzene rings is 3. The summed E-state index contributed by atoms with van der Waals surface area (Å²) in [5.74, 6) is -1.84. The van der Waals surface area contributed by atoms with E-state index >= 15 is 0 Å². The lowest BCUT2D eigenvalue weighted by Gasteiger charge is -2.28. The molecule has 206 valence electrons.